The van der Waals surface area contributed by atoms with Gasteiger partial charge in [0.1, 0.15) is 18.2 Å². The normalized spacial score (nSPS) is 10.9. The zero-order valence-electron chi connectivity index (χ0n) is 14.7. The minimum Gasteiger partial charge on any atom is -0.489 e. The van der Waals surface area contributed by atoms with Gasteiger partial charge in [-0.05, 0) is 47.0 Å². The fraction of sp³-hybridized carbons (Fsp3) is 0.0455. The van der Waals surface area contributed by atoms with Crippen LogP contribution in [0.25, 0.3) is 11.6 Å². The number of halogens is 1. The van der Waals surface area contributed by atoms with Crippen LogP contribution in [0.3, 0.4) is 0 Å². The van der Waals surface area contributed by atoms with Crippen LogP contribution in [0.15, 0.2) is 72.8 Å². The predicted octanol–water partition coefficient (Wildman–Crippen LogP) is 5.38. The number of nitrogens with zero attached hydrogens (tertiary/aromatic N) is 2. The lowest BCUT2D eigenvalue weighted by molar-refractivity contribution is -0.384. The average molecular weight is 374 g/mol. The molecule has 3 rings (SSSR count). The molecule has 0 aromatic heterocycles. The zero-order valence-corrected chi connectivity index (χ0v) is 14.7. The average Bonchev–Trinajstić information content (AvgIpc) is 2.72. The first-order chi connectivity index (χ1) is 13.5. The number of non-ortho nitro benzene ring substituents is 1. The molecule has 0 amide bonds. The third kappa shape index (κ3) is 4.80. The Labute approximate surface area is 161 Å². The van der Waals surface area contributed by atoms with Gasteiger partial charge >= 0.3 is 0 Å². The first-order valence-electron chi connectivity index (χ1n) is 8.39. The second-order valence-corrected chi connectivity index (χ2v) is 5.96. The summed E-state index contributed by atoms with van der Waals surface area (Å²) in [4.78, 5) is 10.4. The van der Waals surface area contributed by atoms with Crippen molar-refractivity contribution in [3.63, 3.8) is 0 Å². The molecule has 0 aliphatic heterocycles. The van der Waals surface area contributed by atoms with Crippen molar-refractivity contribution in [3.05, 3.63) is 105 Å². The molecule has 0 fully saturated rings. The maximum absolute atomic E-state index is 12.9. The first kappa shape index (κ1) is 18.8. The summed E-state index contributed by atoms with van der Waals surface area (Å²) in [5.41, 5.74) is 2.35. The number of nitro benzene ring substituents is 1. The van der Waals surface area contributed by atoms with E-state index in [4.69, 9.17) is 4.74 Å². The molecule has 28 heavy (non-hydrogen) atoms. The van der Waals surface area contributed by atoms with Gasteiger partial charge < -0.3 is 4.74 Å². The van der Waals surface area contributed by atoms with Crippen molar-refractivity contribution in [2.45, 2.75) is 6.61 Å². The van der Waals surface area contributed by atoms with Crippen LogP contribution >= 0.6 is 0 Å². The summed E-state index contributed by atoms with van der Waals surface area (Å²) >= 11 is 0. The van der Waals surface area contributed by atoms with Gasteiger partial charge in [0.05, 0.1) is 16.6 Å². The van der Waals surface area contributed by atoms with Gasteiger partial charge in [-0.15, -0.1) is 0 Å². The van der Waals surface area contributed by atoms with Crippen molar-refractivity contribution < 1.29 is 14.1 Å². The van der Waals surface area contributed by atoms with Gasteiger partial charge in [-0.1, -0.05) is 36.4 Å². The number of benzene rings is 3. The molecule has 6 heteroatoms. The Hall–Kier alpha value is -3.98. The van der Waals surface area contributed by atoms with Gasteiger partial charge in [-0.2, -0.15) is 5.26 Å². The Balaban J connectivity index is 1.73. The Morgan fingerprint density at radius 3 is 2.46 bits per heavy atom. The van der Waals surface area contributed by atoms with E-state index in [2.05, 4.69) is 6.07 Å². The lowest BCUT2D eigenvalue weighted by Crippen LogP contribution is -1.95. The van der Waals surface area contributed by atoms with Gasteiger partial charge in [0.15, 0.2) is 0 Å². The topological polar surface area (TPSA) is 76.2 Å². The lowest BCUT2D eigenvalue weighted by Gasteiger charge is -2.07. The molecule has 0 radical (unpaired) electrons. The largest absolute Gasteiger partial charge is 0.489 e. The van der Waals surface area contributed by atoms with Gasteiger partial charge in [0, 0.05) is 12.1 Å². The van der Waals surface area contributed by atoms with E-state index in [0.717, 1.165) is 11.1 Å². The van der Waals surface area contributed by atoms with E-state index in [-0.39, 0.29) is 11.5 Å². The highest BCUT2D eigenvalue weighted by Gasteiger charge is 2.09. The SMILES string of the molecule is N#CC(=Cc1ccc(OCc2ccc(F)cc2)cc1)c1cccc([N+](=O)[O-])c1. The van der Waals surface area contributed by atoms with E-state index in [1.807, 2.05) is 0 Å². The Kier molecular flexibility index (Phi) is 5.78. The van der Waals surface area contributed by atoms with Crippen molar-refractivity contribution in [2.24, 2.45) is 0 Å². The molecule has 0 bridgehead atoms. The van der Waals surface area contributed by atoms with E-state index < -0.39 is 4.92 Å². The van der Waals surface area contributed by atoms with Crippen LogP contribution in [0.2, 0.25) is 0 Å². The van der Waals surface area contributed by atoms with E-state index in [1.165, 1.54) is 24.3 Å². The van der Waals surface area contributed by atoms with Crippen LogP contribution in [0.1, 0.15) is 16.7 Å². The summed E-state index contributed by atoms with van der Waals surface area (Å²) in [6.07, 6.45) is 1.66. The molecule has 0 saturated heterocycles. The Bertz CT molecular complexity index is 1050. The highest BCUT2D eigenvalue weighted by atomic mass is 19.1. The molecule has 0 spiro atoms. The fourth-order valence-electron chi connectivity index (χ4n) is 2.54. The van der Waals surface area contributed by atoms with E-state index in [9.17, 15) is 19.8 Å². The molecule has 0 atom stereocenters. The molecule has 0 aliphatic carbocycles. The van der Waals surface area contributed by atoms with Crippen LogP contribution in [-0.4, -0.2) is 4.92 Å². The Morgan fingerprint density at radius 2 is 1.82 bits per heavy atom. The zero-order chi connectivity index (χ0) is 19.9. The van der Waals surface area contributed by atoms with Gasteiger partial charge in [0.25, 0.3) is 5.69 Å². The highest BCUT2D eigenvalue weighted by Crippen LogP contribution is 2.23. The number of hydrogen-bond acceptors (Lipinski definition) is 4. The van der Waals surface area contributed by atoms with Crippen LogP contribution < -0.4 is 4.74 Å². The summed E-state index contributed by atoms with van der Waals surface area (Å²) < 4.78 is 18.6. The number of rotatable bonds is 6. The van der Waals surface area contributed by atoms with E-state index >= 15 is 0 Å². The third-order valence-electron chi connectivity index (χ3n) is 4.00. The van der Waals surface area contributed by atoms with Crippen molar-refractivity contribution in [1.82, 2.24) is 0 Å². The number of nitro groups is 1. The number of allylic oxidation sites excluding steroid dienone is 1. The summed E-state index contributed by atoms with van der Waals surface area (Å²) in [6.45, 7) is 0.312. The molecule has 0 heterocycles. The van der Waals surface area contributed by atoms with Crippen LogP contribution in [0.5, 0.6) is 5.75 Å². The van der Waals surface area contributed by atoms with E-state index in [0.29, 0.717) is 23.5 Å². The maximum Gasteiger partial charge on any atom is 0.270 e. The molecule has 3 aromatic rings. The number of ether oxygens (including phenoxy) is 1. The molecule has 0 N–H and O–H groups in total. The van der Waals surface area contributed by atoms with Crippen molar-refractivity contribution in [2.75, 3.05) is 0 Å². The highest BCUT2D eigenvalue weighted by molar-refractivity contribution is 5.90. The summed E-state index contributed by atoms with van der Waals surface area (Å²) in [7, 11) is 0. The fourth-order valence-corrected chi connectivity index (χ4v) is 2.54. The molecule has 0 saturated carbocycles. The van der Waals surface area contributed by atoms with Crippen molar-refractivity contribution in [3.8, 4) is 11.8 Å². The van der Waals surface area contributed by atoms with Gasteiger partial charge in [-0.25, -0.2) is 4.39 Å². The summed E-state index contributed by atoms with van der Waals surface area (Å²) in [6, 6.07) is 21.2. The number of hydrogen-bond donors (Lipinski definition) is 0. The molecule has 0 aliphatic rings. The van der Waals surface area contributed by atoms with Crippen molar-refractivity contribution >= 4 is 17.3 Å². The van der Waals surface area contributed by atoms with Crippen molar-refractivity contribution in [1.29, 1.82) is 5.26 Å². The minimum atomic E-state index is -0.494. The second kappa shape index (κ2) is 8.60. The molecular weight excluding hydrogens is 359 g/mol. The molecule has 5 nitrogen and oxygen atoms in total. The molecule has 138 valence electrons. The van der Waals surface area contributed by atoms with E-state index in [1.54, 1.807) is 54.6 Å². The quantitative estimate of drug-likeness (QED) is 0.251. The molecule has 0 unspecified atom stereocenters. The summed E-state index contributed by atoms with van der Waals surface area (Å²) in [5, 5.41) is 20.3. The standard InChI is InChI=1S/C22H15FN2O3/c23-20-8-4-17(5-9-20)15-28-22-10-6-16(7-11-22)12-19(14-24)18-2-1-3-21(13-18)25(26)27/h1-13H,15H2. The minimum absolute atomic E-state index is 0.0665. The monoisotopic (exact) mass is 374 g/mol. The molecular formula is C22H15FN2O3. The third-order valence-corrected chi connectivity index (χ3v) is 4.00. The maximum atomic E-state index is 12.9. The van der Waals surface area contributed by atoms with Crippen LogP contribution in [-0.2, 0) is 6.61 Å². The summed E-state index contributed by atoms with van der Waals surface area (Å²) in [5.74, 6) is 0.340. The first-order valence-corrected chi connectivity index (χ1v) is 8.39. The Morgan fingerprint density at radius 1 is 1.11 bits per heavy atom. The molecule has 3 aromatic carbocycles. The second-order valence-electron chi connectivity index (χ2n) is 5.96. The van der Waals surface area contributed by atoms with Gasteiger partial charge in [-0.3, -0.25) is 10.1 Å². The van der Waals surface area contributed by atoms with Gasteiger partial charge in [0.2, 0.25) is 0 Å². The smallest absolute Gasteiger partial charge is 0.270 e. The lowest BCUT2D eigenvalue weighted by atomic mass is 10.0. The predicted molar refractivity (Wildman–Crippen MR) is 104 cm³/mol. The van der Waals surface area contributed by atoms with Crippen LogP contribution in [0, 0.1) is 27.3 Å². The van der Waals surface area contributed by atoms with Crippen LogP contribution in [0.4, 0.5) is 10.1 Å². The number of nitriles is 1.